The van der Waals surface area contributed by atoms with E-state index in [9.17, 15) is 20.4 Å². The van der Waals surface area contributed by atoms with Gasteiger partial charge in [-0.2, -0.15) is 0 Å². The van der Waals surface area contributed by atoms with Crippen LogP contribution in [0.25, 0.3) is 0 Å². The summed E-state index contributed by atoms with van der Waals surface area (Å²) in [6.45, 7) is 3.48. The van der Waals surface area contributed by atoms with Crippen LogP contribution in [0.15, 0.2) is 18.2 Å². The topological polar surface area (TPSA) is 130 Å². The molecule has 1 aliphatic rings. The zero-order valence-electron chi connectivity index (χ0n) is 14.1. The first-order chi connectivity index (χ1) is 11.2. The number of nitrogen functional groups attached to an aromatic ring is 1. The number of hydrogen-bond acceptors (Lipinski definition) is 7. The maximum absolute atomic E-state index is 10.3. The molecule has 2 rings (SSSR count). The Balaban J connectivity index is 2.21. The van der Waals surface area contributed by atoms with E-state index in [1.807, 2.05) is 30.9 Å². The van der Waals surface area contributed by atoms with E-state index in [1.54, 1.807) is 6.07 Å². The summed E-state index contributed by atoms with van der Waals surface area (Å²) in [5.41, 5.74) is 8.28. The fourth-order valence-electron chi connectivity index (χ4n) is 3.17. The second kappa shape index (κ2) is 7.25. The van der Waals surface area contributed by atoms with Gasteiger partial charge >= 0.3 is 0 Å². The Labute approximate surface area is 142 Å². The van der Waals surface area contributed by atoms with Gasteiger partial charge in [-0.1, -0.05) is 0 Å². The van der Waals surface area contributed by atoms with Crippen molar-refractivity contribution in [3.05, 3.63) is 23.8 Å². The molecule has 0 saturated carbocycles. The predicted octanol–water partition coefficient (Wildman–Crippen LogP) is -0.764. The lowest BCUT2D eigenvalue weighted by Gasteiger charge is -2.46. The number of nitrogens with zero attached hydrogens (tertiary/aromatic N) is 1. The highest BCUT2D eigenvalue weighted by Crippen LogP contribution is 2.37. The van der Waals surface area contributed by atoms with Crippen molar-refractivity contribution in [2.75, 3.05) is 23.8 Å². The van der Waals surface area contributed by atoms with Crippen LogP contribution in [-0.2, 0) is 6.42 Å². The minimum Gasteiger partial charge on any atom is -0.399 e. The van der Waals surface area contributed by atoms with Crippen molar-refractivity contribution >= 4 is 11.4 Å². The number of β-amino-alcohol motifs (C(OH)–C–C–N with tert-alkyl or cyclic N) is 1. The minimum absolute atomic E-state index is 0.0836. The Morgan fingerprint density at radius 3 is 2.38 bits per heavy atom. The van der Waals surface area contributed by atoms with E-state index < -0.39 is 31.0 Å². The Morgan fingerprint density at radius 1 is 1.12 bits per heavy atom. The van der Waals surface area contributed by atoms with Crippen molar-refractivity contribution in [3.8, 4) is 0 Å². The van der Waals surface area contributed by atoms with Gasteiger partial charge in [-0.05, 0) is 50.5 Å². The van der Waals surface area contributed by atoms with Crippen molar-refractivity contribution in [1.82, 2.24) is 0 Å². The molecule has 0 fully saturated rings. The minimum atomic E-state index is -1.62. The molecule has 136 valence electrons. The number of nitrogens with two attached hydrogens (primary N) is 1. The van der Waals surface area contributed by atoms with Gasteiger partial charge in [-0.25, -0.2) is 0 Å². The summed E-state index contributed by atoms with van der Waals surface area (Å²) in [5.74, 6) is 0. The normalized spacial score (nSPS) is 21.7. The smallest absolute Gasteiger partial charge is 0.111 e. The molecule has 1 aliphatic heterocycles. The van der Waals surface area contributed by atoms with Crippen LogP contribution in [0.5, 0.6) is 0 Å². The molecule has 0 aromatic heterocycles. The highest BCUT2D eigenvalue weighted by atomic mass is 16.4. The molecule has 24 heavy (non-hydrogen) atoms. The molecule has 1 aromatic carbocycles. The Hall–Kier alpha value is -1.38. The van der Waals surface area contributed by atoms with E-state index in [-0.39, 0.29) is 12.1 Å². The van der Waals surface area contributed by atoms with Crippen molar-refractivity contribution in [1.29, 1.82) is 0 Å². The first kappa shape index (κ1) is 19.0. The number of aryl methyl sites for hydroxylation is 1. The van der Waals surface area contributed by atoms with Gasteiger partial charge in [0.25, 0.3) is 0 Å². The first-order valence-electron chi connectivity index (χ1n) is 8.16. The first-order valence-corrected chi connectivity index (χ1v) is 8.16. The summed E-state index contributed by atoms with van der Waals surface area (Å²) in [6, 6.07) is 5.59. The van der Waals surface area contributed by atoms with Crippen LogP contribution in [0.1, 0.15) is 25.8 Å². The van der Waals surface area contributed by atoms with E-state index in [0.717, 1.165) is 24.1 Å². The van der Waals surface area contributed by atoms with Crippen LogP contribution in [0.2, 0.25) is 0 Å². The molecule has 0 radical (unpaired) electrons. The number of hydrogen-bond donors (Lipinski definition) is 6. The lowest BCUT2D eigenvalue weighted by molar-refractivity contribution is -0.113. The van der Waals surface area contributed by atoms with Crippen molar-refractivity contribution in [2.24, 2.45) is 0 Å². The van der Waals surface area contributed by atoms with E-state index in [0.29, 0.717) is 5.69 Å². The van der Waals surface area contributed by atoms with E-state index >= 15 is 0 Å². The third-order valence-corrected chi connectivity index (χ3v) is 4.83. The molecule has 1 heterocycles. The Kier molecular flexibility index (Phi) is 5.72. The molecule has 0 saturated heterocycles. The van der Waals surface area contributed by atoms with Gasteiger partial charge in [0.2, 0.25) is 0 Å². The molecule has 1 aromatic rings. The zero-order chi connectivity index (χ0) is 18.1. The molecular weight excluding hydrogens is 312 g/mol. The van der Waals surface area contributed by atoms with Crippen molar-refractivity contribution in [2.45, 2.75) is 56.6 Å². The molecule has 7 heteroatoms. The zero-order valence-corrected chi connectivity index (χ0v) is 14.1. The molecule has 0 amide bonds. The Bertz CT molecular complexity index is 566. The van der Waals surface area contributed by atoms with Gasteiger partial charge in [0.05, 0.1) is 12.7 Å². The van der Waals surface area contributed by atoms with Gasteiger partial charge in [0.1, 0.15) is 18.3 Å². The third kappa shape index (κ3) is 3.81. The van der Waals surface area contributed by atoms with Crippen molar-refractivity contribution < 1.29 is 25.5 Å². The number of anilines is 2. The predicted molar refractivity (Wildman–Crippen MR) is 91.7 cm³/mol. The van der Waals surface area contributed by atoms with E-state index in [1.165, 1.54) is 0 Å². The lowest BCUT2D eigenvalue weighted by atomic mass is 9.86. The molecule has 4 atom stereocenters. The van der Waals surface area contributed by atoms with Gasteiger partial charge < -0.3 is 36.2 Å². The maximum Gasteiger partial charge on any atom is 0.111 e. The monoisotopic (exact) mass is 340 g/mol. The van der Waals surface area contributed by atoms with Gasteiger partial charge in [-0.15, -0.1) is 0 Å². The number of fused-ring (bicyclic) bond motifs is 1. The second-order valence-corrected chi connectivity index (χ2v) is 7.11. The summed E-state index contributed by atoms with van der Waals surface area (Å²) < 4.78 is 0. The van der Waals surface area contributed by atoms with Crippen LogP contribution in [0.4, 0.5) is 11.4 Å². The molecule has 4 unspecified atom stereocenters. The fraction of sp³-hybridized carbons (Fsp3) is 0.647. The maximum atomic E-state index is 10.3. The molecule has 7 nitrogen and oxygen atoms in total. The summed E-state index contributed by atoms with van der Waals surface area (Å²) in [5, 5.41) is 48.5. The van der Waals surface area contributed by atoms with E-state index in [4.69, 9.17) is 10.8 Å². The molecule has 7 N–H and O–H groups in total. The van der Waals surface area contributed by atoms with Gasteiger partial charge in [0.15, 0.2) is 0 Å². The van der Waals surface area contributed by atoms with Crippen LogP contribution in [-0.4, -0.2) is 68.6 Å². The summed E-state index contributed by atoms with van der Waals surface area (Å²) in [4.78, 5) is 1.98. The summed E-state index contributed by atoms with van der Waals surface area (Å²) in [7, 11) is 0. The van der Waals surface area contributed by atoms with Crippen LogP contribution in [0, 0.1) is 0 Å². The average Bonchev–Trinajstić information content (AvgIpc) is 2.55. The standard InChI is InChI=1S/C17H28N2O5/c1-17(2)6-5-10-7-11(18)3-4-12(10)19(17)8-13(21)15(23)16(24)14(22)9-20/h3-4,7,13-16,20-24H,5-6,8-9,18H2,1-2H3. The Morgan fingerprint density at radius 2 is 1.75 bits per heavy atom. The van der Waals surface area contributed by atoms with Gasteiger partial charge in [-0.3, -0.25) is 0 Å². The number of aliphatic hydroxyl groups is 5. The number of benzene rings is 1. The van der Waals surface area contributed by atoms with Gasteiger partial charge in [0, 0.05) is 23.5 Å². The van der Waals surface area contributed by atoms with Crippen LogP contribution in [0.3, 0.4) is 0 Å². The molecular formula is C17H28N2O5. The van der Waals surface area contributed by atoms with E-state index in [2.05, 4.69) is 0 Å². The molecule has 0 bridgehead atoms. The highest BCUT2D eigenvalue weighted by molar-refractivity contribution is 5.62. The third-order valence-electron chi connectivity index (χ3n) is 4.83. The quantitative estimate of drug-likeness (QED) is 0.375. The SMILES string of the molecule is CC1(C)CCc2cc(N)ccc2N1CC(O)C(O)C(O)C(O)CO. The largest absolute Gasteiger partial charge is 0.399 e. The second-order valence-electron chi connectivity index (χ2n) is 7.11. The molecule has 0 spiro atoms. The molecule has 0 aliphatic carbocycles. The highest BCUT2D eigenvalue weighted by Gasteiger charge is 2.37. The lowest BCUT2D eigenvalue weighted by Crippen LogP contribution is -2.55. The van der Waals surface area contributed by atoms with Crippen molar-refractivity contribution in [3.63, 3.8) is 0 Å². The fourth-order valence-corrected chi connectivity index (χ4v) is 3.17. The van der Waals surface area contributed by atoms with Crippen LogP contribution < -0.4 is 10.6 Å². The van der Waals surface area contributed by atoms with Crippen LogP contribution >= 0.6 is 0 Å². The number of aliphatic hydroxyl groups excluding tert-OH is 5. The average molecular weight is 340 g/mol. The summed E-state index contributed by atoms with van der Waals surface area (Å²) >= 11 is 0. The number of rotatable bonds is 6. The summed E-state index contributed by atoms with van der Waals surface area (Å²) in [6.07, 6.45) is -4.26.